The zero-order chi connectivity index (χ0) is 51.5. The Hall–Kier alpha value is -6.01. The molecule has 10 atom stereocenters. The highest BCUT2D eigenvalue weighted by molar-refractivity contribution is 8.76. The summed E-state index contributed by atoms with van der Waals surface area (Å²) in [7, 11) is 2.06. The SMILES string of the molecule is C[C@@H](O)C(CO)NC(=O)[C@@H]1CSSC[C@H](NC(=O)[C@H](N)Cc2ccccc2)C(=O)N[C@@H](Cc2ccccc2)C(=O)N[C@H](Cc2c[nH]c3ccccc23)C(=O)N[C@@H](CCCCN)C(=O)N[C@@H]([C@@H](C)O)C(=O)N1. The lowest BCUT2D eigenvalue weighted by molar-refractivity contribution is -0.136. The van der Waals surface area contributed by atoms with Gasteiger partial charge in [0.15, 0.2) is 0 Å². The monoisotopic (exact) mass is 1020 g/mol. The number of hydrogen-bond donors (Lipinski definition) is 13. The average Bonchev–Trinajstić information content (AvgIpc) is 3.76. The Morgan fingerprint density at radius 3 is 1.96 bits per heavy atom. The van der Waals surface area contributed by atoms with Gasteiger partial charge in [-0.2, -0.15) is 0 Å². The number of nitrogens with one attached hydrogen (secondary N) is 8. The summed E-state index contributed by atoms with van der Waals surface area (Å²) >= 11 is 0. The van der Waals surface area contributed by atoms with Crippen molar-refractivity contribution in [2.45, 2.75) is 113 Å². The van der Waals surface area contributed by atoms with Crippen LogP contribution in [-0.2, 0) is 52.8 Å². The molecule has 3 aromatic carbocycles. The smallest absolute Gasteiger partial charge is 0.245 e. The van der Waals surface area contributed by atoms with Crippen LogP contribution in [0.25, 0.3) is 10.9 Å². The lowest BCUT2D eigenvalue weighted by Gasteiger charge is -2.29. The van der Waals surface area contributed by atoms with Gasteiger partial charge >= 0.3 is 0 Å². The predicted octanol–water partition coefficient (Wildman–Crippen LogP) is -0.805. The second-order valence-corrected chi connectivity index (χ2v) is 20.0. The average molecular weight is 1020 g/mol. The van der Waals surface area contributed by atoms with Crippen molar-refractivity contribution in [3.8, 4) is 0 Å². The number of rotatable bonds is 17. The van der Waals surface area contributed by atoms with Crippen molar-refractivity contribution in [3.63, 3.8) is 0 Å². The van der Waals surface area contributed by atoms with Crippen molar-refractivity contribution in [3.05, 3.63) is 108 Å². The highest BCUT2D eigenvalue weighted by Gasteiger charge is 2.36. The van der Waals surface area contributed by atoms with E-state index in [2.05, 4.69) is 42.2 Å². The number of para-hydroxylation sites is 1. The summed E-state index contributed by atoms with van der Waals surface area (Å²) in [5, 5.41) is 50.5. The fourth-order valence-corrected chi connectivity index (χ4v) is 10.1. The van der Waals surface area contributed by atoms with Crippen LogP contribution in [0.2, 0.25) is 0 Å². The number of carbonyl (C=O) groups excluding carboxylic acids is 7. The van der Waals surface area contributed by atoms with Crippen LogP contribution in [0.3, 0.4) is 0 Å². The fourth-order valence-electron chi connectivity index (χ4n) is 7.73. The Morgan fingerprint density at radius 1 is 0.718 bits per heavy atom. The first kappa shape index (κ1) is 55.9. The Kier molecular flexibility index (Phi) is 22.2. The second kappa shape index (κ2) is 28.1. The van der Waals surface area contributed by atoms with E-state index in [1.54, 1.807) is 60.8 Å². The van der Waals surface area contributed by atoms with Gasteiger partial charge in [0.1, 0.15) is 36.3 Å². The zero-order valence-electron chi connectivity index (χ0n) is 39.7. The summed E-state index contributed by atoms with van der Waals surface area (Å²) in [6, 6.07) is 14.6. The van der Waals surface area contributed by atoms with Crippen LogP contribution in [0.15, 0.2) is 91.1 Å². The molecule has 1 saturated heterocycles. The highest BCUT2D eigenvalue weighted by atomic mass is 33.1. The maximum atomic E-state index is 14.7. The van der Waals surface area contributed by atoms with E-state index in [4.69, 9.17) is 11.5 Å². The Morgan fingerprint density at radius 2 is 1.31 bits per heavy atom. The molecule has 7 amide bonds. The zero-order valence-corrected chi connectivity index (χ0v) is 41.3. The second-order valence-electron chi connectivity index (χ2n) is 17.5. The van der Waals surface area contributed by atoms with Gasteiger partial charge in [-0.15, -0.1) is 0 Å². The van der Waals surface area contributed by atoms with E-state index in [9.17, 15) is 48.9 Å². The van der Waals surface area contributed by atoms with Crippen molar-refractivity contribution in [1.82, 2.24) is 42.2 Å². The first-order valence-corrected chi connectivity index (χ1v) is 26.0. The van der Waals surface area contributed by atoms with Crippen molar-refractivity contribution < 1.29 is 48.9 Å². The van der Waals surface area contributed by atoms with Gasteiger partial charge in [-0.3, -0.25) is 33.6 Å². The molecule has 15 N–H and O–H groups in total. The molecule has 20 nitrogen and oxygen atoms in total. The Labute approximate surface area is 420 Å². The number of amides is 7. The third-order valence-electron chi connectivity index (χ3n) is 11.9. The van der Waals surface area contributed by atoms with Crippen LogP contribution in [0.5, 0.6) is 0 Å². The normalized spacial score (nSPS) is 22.8. The van der Waals surface area contributed by atoms with Gasteiger partial charge in [0, 0.05) is 41.4 Å². The standard InChI is InChI=1S/C49H66N10O10S2/c1-28(61)39(25-60)56-48(68)41-27-71-70-26-40(57-43(63)34(51)21-30-13-5-3-6-14-30)47(67)54-37(22-31-15-7-4-8-16-31)45(65)55-38(23-32-24-52-35-18-10-9-17-33(32)35)46(66)53-36(19-11-12-20-50)44(64)59-42(29(2)62)49(69)58-41/h3-10,13-18,24,28-29,34,36-42,52,60-62H,11-12,19-23,25-27,50-51H2,1-2H3,(H,53,66)(H,54,67)(H,55,65)(H,56,68)(H,57,63)(H,58,69)(H,59,64)/t28-,29-,34-,36+,37+,38-,39?,40+,41+,42+/m1/s1. The lowest BCUT2D eigenvalue weighted by Crippen LogP contribution is -2.62. The number of aromatic nitrogens is 1. The number of aliphatic hydroxyl groups excluding tert-OH is 3. The van der Waals surface area contributed by atoms with Gasteiger partial charge in [0.25, 0.3) is 0 Å². The highest BCUT2D eigenvalue weighted by Crippen LogP contribution is 2.24. The number of carbonyl (C=O) groups is 7. The third kappa shape index (κ3) is 17.1. The van der Waals surface area contributed by atoms with Crippen molar-refractivity contribution >= 4 is 73.8 Å². The summed E-state index contributed by atoms with van der Waals surface area (Å²) in [5.74, 6) is -6.01. The van der Waals surface area contributed by atoms with Crippen molar-refractivity contribution in [2.75, 3.05) is 24.7 Å². The van der Waals surface area contributed by atoms with Gasteiger partial charge < -0.3 is 69.0 Å². The number of aromatic amines is 1. The van der Waals surface area contributed by atoms with Crippen LogP contribution < -0.4 is 48.7 Å². The van der Waals surface area contributed by atoms with Crippen LogP contribution in [0, 0.1) is 0 Å². The minimum Gasteiger partial charge on any atom is -0.394 e. The number of fused-ring (bicyclic) bond motifs is 1. The first-order chi connectivity index (χ1) is 34.1. The minimum absolute atomic E-state index is 0.0340. The molecule has 1 fully saturated rings. The Bertz CT molecular complexity index is 2400. The number of unbranched alkanes of at least 4 members (excludes halogenated alkanes) is 1. The first-order valence-electron chi connectivity index (χ1n) is 23.5. The van der Waals surface area contributed by atoms with E-state index in [0.29, 0.717) is 24.0 Å². The lowest BCUT2D eigenvalue weighted by atomic mass is 10.0. The molecule has 1 aliphatic heterocycles. The van der Waals surface area contributed by atoms with Crippen LogP contribution in [-0.4, -0.2) is 147 Å². The van der Waals surface area contributed by atoms with Gasteiger partial charge in [-0.05, 0) is 68.8 Å². The molecule has 4 aromatic rings. The number of aliphatic hydroxyl groups is 3. The van der Waals surface area contributed by atoms with Crippen LogP contribution >= 0.6 is 21.6 Å². The quantitative estimate of drug-likeness (QED) is 0.0455. The molecule has 384 valence electrons. The van der Waals surface area contributed by atoms with E-state index in [0.717, 1.165) is 38.1 Å². The van der Waals surface area contributed by atoms with Crippen molar-refractivity contribution in [2.24, 2.45) is 11.5 Å². The maximum absolute atomic E-state index is 14.7. The molecule has 71 heavy (non-hydrogen) atoms. The maximum Gasteiger partial charge on any atom is 0.245 e. The molecule has 0 bridgehead atoms. The number of H-pyrrole nitrogens is 1. The van der Waals surface area contributed by atoms with Crippen LogP contribution in [0.1, 0.15) is 49.8 Å². The molecule has 1 aromatic heterocycles. The summed E-state index contributed by atoms with van der Waals surface area (Å²) in [4.78, 5) is 103. The summed E-state index contributed by atoms with van der Waals surface area (Å²) in [6.45, 7) is 2.23. The number of hydrogen-bond acceptors (Lipinski definition) is 14. The third-order valence-corrected chi connectivity index (χ3v) is 14.3. The molecule has 5 rings (SSSR count). The minimum atomic E-state index is -1.66. The van der Waals surface area contributed by atoms with Gasteiger partial charge in [0.2, 0.25) is 41.4 Å². The Balaban J connectivity index is 1.56. The molecule has 0 aliphatic carbocycles. The van der Waals surface area contributed by atoms with E-state index < -0.39 is 108 Å². The molecule has 0 saturated carbocycles. The largest absolute Gasteiger partial charge is 0.394 e. The topological polar surface area (TPSA) is 332 Å². The van der Waals surface area contributed by atoms with Gasteiger partial charge in [0.05, 0.1) is 30.9 Å². The van der Waals surface area contributed by atoms with Crippen molar-refractivity contribution in [1.29, 1.82) is 0 Å². The summed E-state index contributed by atoms with van der Waals surface area (Å²) in [5.41, 5.74) is 15.0. The molecule has 0 radical (unpaired) electrons. The molecular formula is C49H66N10O10S2. The molecule has 2 heterocycles. The predicted molar refractivity (Wildman–Crippen MR) is 272 cm³/mol. The number of benzene rings is 3. The molecule has 1 unspecified atom stereocenters. The van der Waals surface area contributed by atoms with Crippen LogP contribution in [0.4, 0.5) is 0 Å². The molecular weight excluding hydrogens is 953 g/mol. The number of nitrogens with two attached hydrogens (primary N) is 2. The summed E-state index contributed by atoms with van der Waals surface area (Å²) < 4.78 is 0. The van der Waals surface area contributed by atoms with E-state index >= 15 is 0 Å². The van der Waals surface area contributed by atoms with E-state index in [1.165, 1.54) is 13.8 Å². The molecule has 1 aliphatic rings. The molecule has 0 spiro atoms. The molecule has 22 heteroatoms. The summed E-state index contributed by atoms with van der Waals surface area (Å²) in [6.07, 6.45) is -0.156. The van der Waals surface area contributed by atoms with Gasteiger partial charge in [-0.25, -0.2) is 0 Å². The van der Waals surface area contributed by atoms with E-state index in [1.807, 2.05) is 30.3 Å². The fraction of sp³-hybridized carbons (Fsp3) is 0.449. The van der Waals surface area contributed by atoms with E-state index in [-0.39, 0.29) is 43.7 Å². The van der Waals surface area contributed by atoms with Gasteiger partial charge in [-0.1, -0.05) is 100 Å².